The normalized spacial score (nSPS) is 10.6. The predicted octanol–water partition coefficient (Wildman–Crippen LogP) is 4.57. The van der Waals surface area contributed by atoms with E-state index in [2.05, 4.69) is 28.1 Å². The van der Waals surface area contributed by atoms with Crippen molar-refractivity contribution in [3.8, 4) is 5.75 Å². The predicted molar refractivity (Wildman–Crippen MR) is 142 cm³/mol. The lowest BCUT2D eigenvalue weighted by Gasteiger charge is -2.10. The highest BCUT2D eigenvalue weighted by molar-refractivity contribution is 6.39. The number of para-hydroxylation sites is 1. The summed E-state index contributed by atoms with van der Waals surface area (Å²) >= 11 is 6.07. The van der Waals surface area contributed by atoms with Crippen molar-refractivity contribution in [3.05, 3.63) is 88.4 Å². The molecule has 3 aromatic carbocycles. The van der Waals surface area contributed by atoms with Gasteiger partial charge in [-0.2, -0.15) is 5.10 Å². The van der Waals surface area contributed by atoms with Gasteiger partial charge in [0.1, 0.15) is 5.75 Å². The molecule has 0 saturated carbocycles. The number of rotatable bonds is 9. The standard InChI is InChI=1S/C27H27ClN4O4/c1-3-18-9-12-22(13-10-18)30-25(33)17-36-24-14-11-21(28)15-20(24)16-29-32-27(35)26(34)31-23-8-6-5-7-19(23)4-2/h5-16H,3-4,17H2,1-2H3,(H,30,33)(H,31,34)(H,32,35)/b29-16-. The highest BCUT2D eigenvalue weighted by Crippen LogP contribution is 2.21. The summed E-state index contributed by atoms with van der Waals surface area (Å²) in [5, 5.41) is 9.58. The zero-order chi connectivity index (χ0) is 25.9. The second-order valence-electron chi connectivity index (χ2n) is 7.73. The Balaban J connectivity index is 1.57. The van der Waals surface area contributed by atoms with E-state index in [0.717, 1.165) is 12.0 Å². The van der Waals surface area contributed by atoms with Crippen LogP contribution < -0.4 is 20.8 Å². The number of benzene rings is 3. The zero-order valence-electron chi connectivity index (χ0n) is 20.0. The lowest BCUT2D eigenvalue weighted by Crippen LogP contribution is -2.32. The van der Waals surface area contributed by atoms with Crippen molar-refractivity contribution in [1.29, 1.82) is 0 Å². The maximum absolute atomic E-state index is 12.3. The molecule has 3 rings (SSSR count). The summed E-state index contributed by atoms with van der Waals surface area (Å²) in [5.74, 6) is -1.79. The highest BCUT2D eigenvalue weighted by atomic mass is 35.5. The molecule has 0 saturated heterocycles. The molecule has 0 atom stereocenters. The van der Waals surface area contributed by atoms with Crippen molar-refractivity contribution < 1.29 is 19.1 Å². The number of halogens is 1. The first kappa shape index (κ1) is 26.4. The summed E-state index contributed by atoms with van der Waals surface area (Å²) in [5.41, 5.74) is 5.91. The largest absolute Gasteiger partial charge is 0.483 e. The van der Waals surface area contributed by atoms with Gasteiger partial charge in [0, 0.05) is 22.0 Å². The molecule has 0 fully saturated rings. The van der Waals surface area contributed by atoms with Crippen molar-refractivity contribution >= 4 is 46.9 Å². The van der Waals surface area contributed by atoms with Gasteiger partial charge in [-0.3, -0.25) is 14.4 Å². The van der Waals surface area contributed by atoms with Gasteiger partial charge >= 0.3 is 11.8 Å². The van der Waals surface area contributed by atoms with Crippen LogP contribution in [0.5, 0.6) is 5.75 Å². The van der Waals surface area contributed by atoms with Gasteiger partial charge in [-0.05, 0) is 60.4 Å². The molecular formula is C27H27ClN4O4. The minimum absolute atomic E-state index is 0.246. The van der Waals surface area contributed by atoms with Crippen molar-refractivity contribution in [2.75, 3.05) is 17.2 Å². The van der Waals surface area contributed by atoms with E-state index < -0.39 is 11.8 Å². The van der Waals surface area contributed by atoms with Crippen LogP contribution in [-0.2, 0) is 27.2 Å². The summed E-state index contributed by atoms with van der Waals surface area (Å²) < 4.78 is 5.63. The fourth-order valence-electron chi connectivity index (χ4n) is 3.26. The maximum atomic E-state index is 12.3. The Morgan fingerprint density at radius 2 is 1.67 bits per heavy atom. The van der Waals surface area contributed by atoms with Crippen LogP contribution in [0.2, 0.25) is 5.02 Å². The lowest BCUT2D eigenvalue weighted by molar-refractivity contribution is -0.136. The van der Waals surface area contributed by atoms with Crippen LogP contribution in [0.1, 0.15) is 30.5 Å². The molecule has 0 bridgehead atoms. The molecule has 3 N–H and O–H groups in total. The summed E-state index contributed by atoms with van der Waals surface area (Å²) in [4.78, 5) is 36.7. The van der Waals surface area contributed by atoms with Crippen LogP contribution in [0.3, 0.4) is 0 Å². The van der Waals surface area contributed by atoms with Gasteiger partial charge in [0.05, 0.1) is 6.21 Å². The fraction of sp³-hybridized carbons (Fsp3) is 0.185. The van der Waals surface area contributed by atoms with E-state index in [9.17, 15) is 14.4 Å². The Bertz CT molecular complexity index is 1260. The average molecular weight is 507 g/mol. The molecular weight excluding hydrogens is 480 g/mol. The Kier molecular flexibility index (Phi) is 9.59. The van der Waals surface area contributed by atoms with Crippen molar-refractivity contribution in [3.63, 3.8) is 0 Å². The first-order valence-corrected chi connectivity index (χ1v) is 11.8. The van der Waals surface area contributed by atoms with Crippen LogP contribution in [0.4, 0.5) is 11.4 Å². The summed E-state index contributed by atoms with van der Waals surface area (Å²) in [6, 6.07) is 19.5. The van der Waals surface area contributed by atoms with Crippen molar-refractivity contribution in [2.45, 2.75) is 26.7 Å². The molecule has 0 heterocycles. The molecule has 0 radical (unpaired) electrons. The number of anilines is 2. The molecule has 0 unspecified atom stereocenters. The third kappa shape index (κ3) is 7.68. The van der Waals surface area contributed by atoms with E-state index in [1.165, 1.54) is 11.8 Å². The van der Waals surface area contributed by atoms with Gasteiger partial charge in [0.2, 0.25) is 0 Å². The lowest BCUT2D eigenvalue weighted by atomic mass is 10.1. The smallest absolute Gasteiger partial charge is 0.329 e. The molecule has 0 aliphatic carbocycles. The number of aryl methyl sites for hydroxylation is 2. The van der Waals surface area contributed by atoms with E-state index in [1.54, 1.807) is 30.3 Å². The average Bonchev–Trinajstić information content (AvgIpc) is 2.88. The molecule has 0 spiro atoms. The van der Waals surface area contributed by atoms with Gasteiger partial charge in [0.25, 0.3) is 5.91 Å². The van der Waals surface area contributed by atoms with E-state index in [1.807, 2.05) is 43.3 Å². The Morgan fingerprint density at radius 3 is 2.39 bits per heavy atom. The summed E-state index contributed by atoms with van der Waals surface area (Å²) in [7, 11) is 0. The number of nitrogens with zero attached hydrogens (tertiary/aromatic N) is 1. The Hall–Kier alpha value is -4.17. The number of carbonyl (C=O) groups excluding carboxylic acids is 3. The van der Waals surface area contributed by atoms with Gasteiger partial charge in [-0.1, -0.05) is 55.8 Å². The van der Waals surface area contributed by atoms with Crippen molar-refractivity contribution in [2.24, 2.45) is 5.10 Å². The third-order valence-corrected chi connectivity index (χ3v) is 5.43. The van der Waals surface area contributed by atoms with E-state index in [-0.39, 0.29) is 12.5 Å². The molecule has 3 aromatic rings. The van der Waals surface area contributed by atoms with Crippen LogP contribution in [0.25, 0.3) is 0 Å². The molecule has 8 nitrogen and oxygen atoms in total. The van der Waals surface area contributed by atoms with Gasteiger partial charge in [0.15, 0.2) is 6.61 Å². The quantitative estimate of drug-likeness (QED) is 0.224. The molecule has 3 amide bonds. The highest BCUT2D eigenvalue weighted by Gasteiger charge is 2.14. The first-order valence-electron chi connectivity index (χ1n) is 11.4. The van der Waals surface area contributed by atoms with Crippen LogP contribution in [0, 0.1) is 0 Å². The van der Waals surface area contributed by atoms with Gasteiger partial charge < -0.3 is 15.4 Å². The number of carbonyl (C=O) groups is 3. The topological polar surface area (TPSA) is 109 Å². The fourth-order valence-corrected chi connectivity index (χ4v) is 3.44. The third-order valence-electron chi connectivity index (χ3n) is 5.20. The molecule has 0 aromatic heterocycles. The van der Waals surface area contributed by atoms with E-state index in [0.29, 0.717) is 34.1 Å². The van der Waals surface area contributed by atoms with Crippen LogP contribution >= 0.6 is 11.6 Å². The number of hydrogen-bond donors (Lipinski definition) is 3. The molecule has 36 heavy (non-hydrogen) atoms. The monoisotopic (exact) mass is 506 g/mol. The molecule has 0 aliphatic heterocycles. The molecule has 9 heteroatoms. The minimum Gasteiger partial charge on any atom is -0.483 e. The van der Waals surface area contributed by atoms with E-state index >= 15 is 0 Å². The number of hydrazone groups is 1. The minimum atomic E-state index is -0.935. The SMILES string of the molecule is CCc1ccc(NC(=O)COc2ccc(Cl)cc2/C=N\NC(=O)C(=O)Nc2ccccc2CC)cc1. The second kappa shape index (κ2) is 13.1. The second-order valence-corrected chi connectivity index (χ2v) is 8.17. The Morgan fingerprint density at radius 1 is 0.917 bits per heavy atom. The summed E-state index contributed by atoms with van der Waals surface area (Å²) in [6.45, 7) is 3.76. The molecule has 186 valence electrons. The van der Waals surface area contributed by atoms with E-state index in [4.69, 9.17) is 16.3 Å². The van der Waals surface area contributed by atoms with Crippen molar-refractivity contribution in [1.82, 2.24) is 5.43 Å². The summed E-state index contributed by atoms with van der Waals surface area (Å²) in [6.07, 6.45) is 2.90. The number of amides is 3. The Labute approximate surface area is 214 Å². The number of nitrogens with one attached hydrogen (secondary N) is 3. The number of hydrogen-bond acceptors (Lipinski definition) is 5. The zero-order valence-corrected chi connectivity index (χ0v) is 20.8. The van der Waals surface area contributed by atoms with Crippen LogP contribution in [-0.4, -0.2) is 30.5 Å². The van der Waals surface area contributed by atoms with Gasteiger partial charge in [-0.15, -0.1) is 0 Å². The molecule has 0 aliphatic rings. The number of ether oxygens (including phenoxy) is 1. The first-order chi connectivity index (χ1) is 17.4. The maximum Gasteiger partial charge on any atom is 0.329 e. The van der Waals surface area contributed by atoms with Crippen LogP contribution in [0.15, 0.2) is 71.8 Å². The van der Waals surface area contributed by atoms with Gasteiger partial charge in [-0.25, -0.2) is 5.43 Å².